The highest BCUT2D eigenvalue weighted by Crippen LogP contribution is 2.17. The maximum absolute atomic E-state index is 12.9. The number of nitrogens with zero attached hydrogens (tertiary/aromatic N) is 7. The van der Waals surface area contributed by atoms with Crippen molar-refractivity contribution in [3.8, 4) is 11.4 Å². The van der Waals surface area contributed by atoms with E-state index in [0.29, 0.717) is 28.9 Å². The molecule has 0 spiro atoms. The van der Waals surface area contributed by atoms with Gasteiger partial charge in [0, 0.05) is 10.6 Å². The Balaban J connectivity index is 1.38. The van der Waals surface area contributed by atoms with E-state index in [4.69, 9.17) is 16.1 Å². The average molecular weight is 448 g/mol. The zero-order valence-corrected chi connectivity index (χ0v) is 17.9. The Morgan fingerprint density at radius 1 is 1.00 bits per heavy atom. The molecule has 0 bridgehead atoms. The van der Waals surface area contributed by atoms with Crippen molar-refractivity contribution in [3.63, 3.8) is 0 Å². The van der Waals surface area contributed by atoms with Crippen LogP contribution in [0.1, 0.15) is 23.9 Å². The van der Waals surface area contributed by atoms with E-state index in [1.807, 2.05) is 36.4 Å². The lowest BCUT2D eigenvalue weighted by Crippen LogP contribution is -2.21. The molecule has 0 aliphatic carbocycles. The largest absolute Gasteiger partial charge is 0.337 e. The van der Waals surface area contributed by atoms with Crippen LogP contribution in [-0.4, -0.2) is 34.7 Å². The Morgan fingerprint density at radius 3 is 2.50 bits per heavy atom. The van der Waals surface area contributed by atoms with Crippen molar-refractivity contribution < 1.29 is 4.52 Å². The van der Waals surface area contributed by atoms with E-state index in [-0.39, 0.29) is 17.6 Å². The molecule has 2 aromatic carbocycles. The van der Waals surface area contributed by atoms with Gasteiger partial charge < -0.3 is 4.52 Å². The van der Waals surface area contributed by atoms with E-state index in [0.717, 1.165) is 17.5 Å². The molecule has 0 saturated heterocycles. The zero-order chi connectivity index (χ0) is 22.1. The molecule has 160 valence electrons. The standard InChI is InChI=1S/C22H18ClN7O2/c1-2-14-3-7-16(8-4-14)20-25-18(32-27-20)12-29-13-24-21-19(22(29)31)26-28-30(21)11-15-5-9-17(23)10-6-15/h3-10,13H,2,11-12H2,1H3. The van der Waals surface area contributed by atoms with Gasteiger partial charge in [-0.15, -0.1) is 5.10 Å². The molecule has 0 fully saturated rings. The fraction of sp³-hybridized carbons (Fsp3) is 0.182. The quantitative estimate of drug-likeness (QED) is 0.393. The third kappa shape index (κ3) is 3.90. The minimum atomic E-state index is -0.329. The maximum Gasteiger partial charge on any atom is 0.283 e. The monoisotopic (exact) mass is 447 g/mol. The second-order valence-electron chi connectivity index (χ2n) is 7.29. The van der Waals surface area contributed by atoms with Crippen molar-refractivity contribution in [2.24, 2.45) is 0 Å². The van der Waals surface area contributed by atoms with Crippen LogP contribution in [-0.2, 0) is 19.5 Å². The molecule has 0 N–H and O–H groups in total. The normalized spacial score (nSPS) is 11.3. The van der Waals surface area contributed by atoms with Gasteiger partial charge in [-0.25, -0.2) is 9.67 Å². The summed E-state index contributed by atoms with van der Waals surface area (Å²) in [7, 11) is 0. The highest BCUT2D eigenvalue weighted by Gasteiger charge is 2.15. The average Bonchev–Trinajstić information content (AvgIpc) is 3.45. The molecule has 0 saturated carbocycles. The van der Waals surface area contributed by atoms with Crippen molar-refractivity contribution in [3.05, 3.63) is 87.3 Å². The van der Waals surface area contributed by atoms with Crippen molar-refractivity contribution in [2.75, 3.05) is 0 Å². The third-order valence-electron chi connectivity index (χ3n) is 5.13. The van der Waals surface area contributed by atoms with Crippen LogP contribution in [0.4, 0.5) is 0 Å². The van der Waals surface area contributed by atoms with Crippen LogP contribution in [0.15, 0.2) is 64.2 Å². The lowest BCUT2D eigenvalue weighted by molar-refractivity contribution is 0.369. The van der Waals surface area contributed by atoms with Crippen LogP contribution in [0.5, 0.6) is 0 Å². The van der Waals surface area contributed by atoms with Crippen molar-refractivity contribution in [1.82, 2.24) is 34.7 Å². The molecular weight excluding hydrogens is 430 g/mol. The molecule has 0 amide bonds. The summed E-state index contributed by atoms with van der Waals surface area (Å²) in [4.78, 5) is 21.7. The van der Waals surface area contributed by atoms with E-state index in [1.165, 1.54) is 16.5 Å². The lowest BCUT2D eigenvalue weighted by atomic mass is 10.1. The van der Waals surface area contributed by atoms with Gasteiger partial charge in [0.25, 0.3) is 5.56 Å². The van der Waals surface area contributed by atoms with Gasteiger partial charge in [-0.05, 0) is 29.7 Å². The summed E-state index contributed by atoms with van der Waals surface area (Å²) >= 11 is 5.93. The minimum Gasteiger partial charge on any atom is -0.337 e. The number of aryl methyl sites for hydroxylation is 1. The Morgan fingerprint density at radius 2 is 1.75 bits per heavy atom. The fourth-order valence-electron chi connectivity index (χ4n) is 3.34. The molecule has 3 heterocycles. The number of halogens is 1. The topological polar surface area (TPSA) is 105 Å². The van der Waals surface area contributed by atoms with E-state index in [2.05, 4.69) is 32.4 Å². The van der Waals surface area contributed by atoms with Gasteiger partial charge in [0.1, 0.15) is 12.9 Å². The molecule has 9 nitrogen and oxygen atoms in total. The van der Waals surface area contributed by atoms with Crippen molar-refractivity contribution in [1.29, 1.82) is 0 Å². The minimum absolute atomic E-state index is 0.0891. The third-order valence-corrected chi connectivity index (χ3v) is 5.38. The first-order valence-corrected chi connectivity index (χ1v) is 10.4. The molecule has 0 unspecified atom stereocenters. The van der Waals surface area contributed by atoms with Crippen LogP contribution < -0.4 is 5.56 Å². The molecule has 0 radical (unpaired) electrons. The summed E-state index contributed by atoms with van der Waals surface area (Å²) in [6.07, 6.45) is 2.40. The van der Waals surface area contributed by atoms with Crippen LogP contribution in [0, 0.1) is 0 Å². The molecule has 0 aliphatic heterocycles. The first-order valence-electron chi connectivity index (χ1n) is 10.1. The van der Waals surface area contributed by atoms with E-state index in [9.17, 15) is 4.79 Å². The summed E-state index contributed by atoms with van der Waals surface area (Å²) in [5.74, 6) is 0.773. The molecular formula is C22H18ClN7O2. The smallest absolute Gasteiger partial charge is 0.283 e. The first-order chi connectivity index (χ1) is 15.6. The summed E-state index contributed by atoms with van der Waals surface area (Å²) in [5.41, 5.74) is 3.30. The number of fused-ring (bicyclic) bond motifs is 1. The molecule has 5 rings (SSSR count). The van der Waals surface area contributed by atoms with Crippen molar-refractivity contribution in [2.45, 2.75) is 26.4 Å². The van der Waals surface area contributed by atoms with Crippen LogP contribution in [0.3, 0.4) is 0 Å². The number of rotatable bonds is 6. The Bertz CT molecular complexity index is 1440. The molecule has 32 heavy (non-hydrogen) atoms. The SMILES string of the molecule is CCc1ccc(-c2noc(Cn3cnc4c(nnn4Cc4ccc(Cl)cc4)c3=O)n2)cc1. The number of hydrogen-bond acceptors (Lipinski definition) is 7. The van der Waals surface area contributed by atoms with Gasteiger partial charge >= 0.3 is 0 Å². The zero-order valence-electron chi connectivity index (χ0n) is 17.1. The van der Waals surface area contributed by atoms with Crippen molar-refractivity contribution >= 4 is 22.8 Å². The number of benzene rings is 2. The maximum atomic E-state index is 12.9. The van der Waals surface area contributed by atoms with Crippen LogP contribution in [0.25, 0.3) is 22.6 Å². The summed E-state index contributed by atoms with van der Waals surface area (Å²) in [5, 5.41) is 12.8. The van der Waals surface area contributed by atoms with E-state index >= 15 is 0 Å². The molecule has 10 heteroatoms. The number of aromatic nitrogens is 7. The summed E-state index contributed by atoms with van der Waals surface area (Å²) in [6, 6.07) is 15.3. The van der Waals surface area contributed by atoms with Gasteiger partial charge in [-0.2, -0.15) is 4.98 Å². The lowest BCUT2D eigenvalue weighted by Gasteiger charge is -2.03. The van der Waals surface area contributed by atoms with E-state index in [1.54, 1.807) is 16.8 Å². The van der Waals surface area contributed by atoms with Gasteiger partial charge in [-0.1, -0.05) is 65.3 Å². The van der Waals surface area contributed by atoms with Gasteiger partial charge in [0.05, 0.1) is 6.54 Å². The fourth-order valence-corrected chi connectivity index (χ4v) is 3.47. The predicted octanol–water partition coefficient (Wildman–Crippen LogP) is 3.35. The predicted molar refractivity (Wildman–Crippen MR) is 118 cm³/mol. The summed E-state index contributed by atoms with van der Waals surface area (Å²) in [6.45, 7) is 2.61. The second kappa shape index (κ2) is 8.35. The molecule has 0 aliphatic rings. The Labute approximate surface area is 187 Å². The number of hydrogen-bond donors (Lipinski definition) is 0. The van der Waals surface area contributed by atoms with Gasteiger partial charge in [-0.3, -0.25) is 9.36 Å². The highest BCUT2D eigenvalue weighted by atomic mass is 35.5. The Kier molecular flexibility index (Phi) is 5.24. The molecule has 5 aromatic rings. The second-order valence-corrected chi connectivity index (χ2v) is 7.72. The Hall–Kier alpha value is -3.85. The molecule has 3 aromatic heterocycles. The molecule has 0 atom stereocenters. The van der Waals surface area contributed by atoms with Crippen LogP contribution in [0.2, 0.25) is 5.02 Å². The summed E-state index contributed by atoms with van der Waals surface area (Å²) < 4.78 is 8.29. The highest BCUT2D eigenvalue weighted by molar-refractivity contribution is 6.30. The first kappa shape index (κ1) is 20.1. The van der Waals surface area contributed by atoms with Gasteiger partial charge in [0.15, 0.2) is 11.2 Å². The van der Waals surface area contributed by atoms with E-state index < -0.39 is 0 Å². The van der Waals surface area contributed by atoms with Gasteiger partial charge in [0.2, 0.25) is 11.7 Å². The van der Waals surface area contributed by atoms with Crippen LogP contribution >= 0.6 is 11.6 Å².